The number of hydrogen-bond donors (Lipinski definition) is 1. The van der Waals surface area contributed by atoms with E-state index < -0.39 is 30.0 Å². The van der Waals surface area contributed by atoms with E-state index in [1.165, 1.54) is 38.4 Å². The molecule has 1 amide bonds. The molecular weight excluding hydrogens is 443 g/mol. The quantitative estimate of drug-likeness (QED) is 0.549. The van der Waals surface area contributed by atoms with Gasteiger partial charge in [-0.15, -0.1) is 0 Å². The lowest BCUT2D eigenvalue weighted by atomic mass is 9.92. The molecule has 9 heteroatoms. The highest BCUT2D eigenvalue weighted by molar-refractivity contribution is 5.98. The van der Waals surface area contributed by atoms with Gasteiger partial charge in [0, 0.05) is 25.1 Å². The summed E-state index contributed by atoms with van der Waals surface area (Å²) >= 11 is 0. The summed E-state index contributed by atoms with van der Waals surface area (Å²) in [6.45, 7) is 10.1. The van der Waals surface area contributed by atoms with Crippen molar-refractivity contribution in [1.29, 1.82) is 0 Å². The minimum absolute atomic E-state index is 0.139. The Morgan fingerprint density at radius 3 is 2.32 bits per heavy atom. The van der Waals surface area contributed by atoms with Gasteiger partial charge in [0.15, 0.2) is 11.4 Å². The number of nitrogens with one attached hydrogen (secondary N) is 1. The molecule has 0 bridgehead atoms. The van der Waals surface area contributed by atoms with Gasteiger partial charge in [0.05, 0.1) is 7.11 Å². The van der Waals surface area contributed by atoms with E-state index in [-0.39, 0.29) is 34.8 Å². The Balaban J connectivity index is 2.21. The number of methoxy groups -OCH3 is 1. The molecule has 34 heavy (non-hydrogen) atoms. The van der Waals surface area contributed by atoms with Crippen LogP contribution in [0.5, 0.6) is 11.5 Å². The van der Waals surface area contributed by atoms with Crippen LogP contribution < -0.4 is 14.8 Å². The first-order chi connectivity index (χ1) is 16.0. The predicted molar refractivity (Wildman–Crippen MR) is 123 cm³/mol. The smallest absolute Gasteiger partial charge is 0.329 e. The fourth-order valence-electron chi connectivity index (χ4n) is 3.46. The average Bonchev–Trinajstić information content (AvgIpc) is 2.76. The number of ether oxygens (including phenoxy) is 3. The van der Waals surface area contributed by atoms with Crippen molar-refractivity contribution >= 4 is 17.8 Å². The van der Waals surface area contributed by atoms with E-state index in [0.29, 0.717) is 0 Å². The standard InChI is InChI=1S/C25H31FN2O6/c1-13(2)21(25(31)33-16(5)15(4)19-9-8-18(26)12-14(19)3)28-24(30)22-23(34-17(6)29)20(32-7)10-11-27-22/h8-13,15-16,21H,1-7H3,(H,28,30)/t15-,16+,21+/m1/s1. The van der Waals surface area contributed by atoms with Crippen molar-refractivity contribution in [1.82, 2.24) is 10.3 Å². The minimum Gasteiger partial charge on any atom is -0.493 e. The summed E-state index contributed by atoms with van der Waals surface area (Å²) < 4.78 is 29.4. The van der Waals surface area contributed by atoms with Crippen LogP contribution >= 0.6 is 0 Å². The van der Waals surface area contributed by atoms with Gasteiger partial charge >= 0.3 is 11.9 Å². The maximum Gasteiger partial charge on any atom is 0.329 e. The van der Waals surface area contributed by atoms with Gasteiger partial charge in [-0.3, -0.25) is 9.59 Å². The lowest BCUT2D eigenvalue weighted by molar-refractivity contribution is -0.152. The van der Waals surface area contributed by atoms with Crippen molar-refractivity contribution in [3.8, 4) is 11.5 Å². The molecule has 0 spiro atoms. The first-order valence-electron chi connectivity index (χ1n) is 10.9. The zero-order valence-electron chi connectivity index (χ0n) is 20.5. The number of halogens is 1. The zero-order valence-corrected chi connectivity index (χ0v) is 20.5. The largest absolute Gasteiger partial charge is 0.493 e. The van der Waals surface area contributed by atoms with Crippen LogP contribution in [-0.4, -0.2) is 42.1 Å². The maximum absolute atomic E-state index is 13.5. The van der Waals surface area contributed by atoms with Crippen LogP contribution in [0.25, 0.3) is 0 Å². The highest BCUT2D eigenvalue weighted by Crippen LogP contribution is 2.30. The number of carbonyl (C=O) groups excluding carboxylic acids is 3. The molecule has 1 aromatic carbocycles. The summed E-state index contributed by atoms with van der Waals surface area (Å²) in [6, 6.07) is 4.93. The third-order valence-corrected chi connectivity index (χ3v) is 5.48. The van der Waals surface area contributed by atoms with Crippen LogP contribution in [0.2, 0.25) is 0 Å². The Hall–Kier alpha value is -3.49. The molecule has 0 fully saturated rings. The predicted octanol–water partition coefficient (Wildman–Crippen LogP) is 3.95. The Labute approximate surface area is 198 Å². The molecule has 8 nitrogen and oxygen atoms in total. The maximum atomic E-state index is 13.5. The van der Waals surface area contributed by atoms with Crippen molar-refractivity contribution in [3.05, 3.63) is 53.1 Å². The molecule has 0 unspecified atom stereocenters. The fourth-order valence-corrected chi connectivity index (χ4v) is 3.46. The van der Waals surface area contributed by atoms with E-state index in [4.69, 9.17) is 14.2 Å². The number of aromatic nitrogens is 1. The molecule has 0 aliphatic carbocycles. The highest BCUT2D eigenvalue weighted by Gasteiger charge is 2.31. The molecule has 0 radical (unpaired) electrons. The number of amides is 1. The summed E-state index contributed by atoms with van der Waals surface area (Å²) in [7, 11) is 1.36. The fraction of sp³-hybridized carbons (Fsp3) is 0.440. The Bertz CT molecular complexity index is 1060. The van der Waals surface area contributed by atoms with Gasteiger partial charge in [-0.2, -0.15) is 0 Å². The second-order valence-electron chi connectivity index (χ2n) is 8.41. The Morgan fingerprint density at radius 2 is 1.76 bits per heavy atom. The number of nitrogens with zero attached hydrogens (tertiary/aromatic N) is 1. The number of esters is 2. The molecule has 0 saturated heterocycles. The third kappa shape index (κ3) is 6.52. The molecule has 1 heterocycles. The van der Waals surface area contributed by atoms with E-state index in [2.05, 4.69) is 10.3 Å². The van der Waals surface area contributed by atoms with Crippen LogP contribution in [-0.2, 0) is 14.3 Å². The lowest BCUT2D eigenvalue weighted by Gasteiger charge is -2.27. The van der Waals surface area contributed by atoms with Crippen molar-refractivity contribution < 1.29 is 33.0 Å². The molecule has 0 aliphatic heterocycles. The number of aryl methyl sites for hydroxylation is 1. The highest BCUT2D eigenvalue weighted by atomic mass is 19.1. The van der Waals surface area contributed by atoms with E-state index in [0.717, 1.165) is 11.1 Å². The van der Waals surface area contributed by atoms with Crippen LogP contribution in [0.1, 0.15) is 62.2 Å². The molecule has 2 rings (SSSR count). The lowest BCUT2D eigenvalue weighted by Crippen LogP contribution is -2.46. The van der Waals surface area contributed by atoms with E-state index >= 15 is 0 Å². The summed E-state index contributed by atoms with van der Waals surface area (Å²) in [5, 5.41) is 2.63. The minimum atomic E-state index is -0.991. The number of carbonyl (C=O) groups is 3. The molecular formula is C25H31FN2O6. The van der Waals surface area contributed by atoms with E-state index in [9.17, 15) is 18.8 Å². The average molecular weight is 475 g/mol. The van der Waals surface area contributed by atoms with Gasteiger partial charge in [0.25, 0.3) is 5.91 Å². The van der Waals surface area contributed by atoms with Crippen molar-refractivity contribution in [2.75, 3.05) is 7.11 Å². The molecule has 2 aromatic rings. The number of rotatable bonds is 9. The summed E-state index contributed by atoms with van der Waals surface area (Å²) in [5.41, 5.74) is 1.42. The normalized spacial score (nSPS) is 13.6. The molecule has 0 saturated carbocycles. The van der Waals surface area contributed by atoms with Gasteiger partial charge < -0.3 is 19.5 Å². The first-order valence-corrected chi connectivity index (χ1v) is 10.9. The van der Waals surface area contributed by atoms with Crippen molar-refractivity contribution in [2.24, 2.45) is 5.92 Å². The van der Waals surface area contributed by atoms with Crippen LogP contribution in [0.4, 0.5) is 4.39 Å². The van der Waals surface area contributed by atoms with Crippen molar-refractivity contribution in [3.63, 3.8) is 0 Å². The number of pyridine rings is 1. The van der Waals surface area contributed by atoms with Gasteiger partial charge in [-0.25, -0.2) is 14.2 Å². The Morgan fingerprint density at radius 1 is 1.09 bits per heavy atom. The second-order valence-corrected chi connectivity index (χ2v) is 8.41. The number of benzene rings is 1. The summed E-state index contributed by atoms with van der Waals surface area (Å²) in [5.74, 6) is -2.84. The summed E-state index contributed by atoms with van der Waals surface area (Å²) in [6.07, 6.45) is 0.791. The Kier molecular flexibility index (Phi) is 9.11. The van der Waals surface area contributed by atoms with Crippen LogP contribution in [0.15, 0.2) is 30.5 Å². The number of hydrogen-bond acceptors (Lipinski definition) is 7. The molecule has 184 valence electrons. The zero-order chi connectivity index (χ0) is 25.6. The van der Waals surface area contributed by atoms with Gasteiger partial charge in [-0.05, 0) is 43.0 Å². The van der Waals surface area contributed by atoms with Gasteiger partial charge in [0.2, 0.25) is 5.75 Å². The topological polar surface area (TPSA) is 104 Å². The molecule has 3 atom stereocenters. The second kappa shape index (κ2) is 11.6. The van der Waals surface area contributed by atoms with Crippen LogP contribution in [0, 0.1) is 18.7 Å². The SMILES string of the molecule is COc1ccnc(C(=O)N[C@H](C(=O)O[C@@H](C)[C@@H](C)c2ccc(F)cc2C)C(C)C)c1OC(C)=O. The van der Waals surface area contributed by atoms with E-state index in [1.807, 2.05) is 6.92 Å². The summed E-state index contributed by atoms with van der Waals surface area (Å²) in [4.78, 5) is 41.5. The molecule has 0 aliphatic rings. The third-order valence-electron chi connectivity index (χ3n) is 5.48. The van der Waals surface area contributed by atoms with E-state index in [1.54, 1.807) is 33.8 Å². The monoisotopic (exact) mass is 474 g/mol. The van der Waals surface area contributed by atoms with Gasteiger partial charge in [0.1, 0.15) is 18.0 Å². The molecule has 1 aromatic heterocycles. The molecule has 1 N–H and O–H groups in total. The van der Waals surface area contributed by atoms with Crippen LogP contribution in [0.3, 0.4) is 0 Å². The van der Waals surface area contributed by atoms with Gasteiger partial charge in [-0.1, -0.05) is 26.8 Å². The van der Waals surface area contributed by atoms with Crippen molar-refractivity contribution in [2.45, 2.75) is 59.6 Å². The first kappa shape index (κ1) is 26.8.